The predicted molar refractivity (Wildman–Crippen MR) is 96.4 cm³/mol. The Morgan fingerprint density at radius 2 is 1.58 bits per heavy atom. The molecule has 1 aliphatic heterocycles. The molecule has 3 aromatic rings. The highest BCUT2D eigenvalue weighted by Gasteiger charge is 2.30. The lowest BCUT2D eigenvalue weighted by Crippen LogP contribution is -2.07. The van der Waals surface area contributed by atoms with Crippen LogP contribution in [0.2, 0.25) is 0 Å². The van der Waals surface area contributed by atoms with Gasteiger partial charge in [-0.15, -0.1) is 0 Å². The summed E-state index contributed by atoms with van der Waals surface area (Å²) in [4.78, 5) is 32.8. The van der Waals surface area contributed by atoms with Crippen LogP contribution in [-0.2, 0) is 4.79 Å². The second-order valence-electron chi connectivity index (χ2n) is 5.70. The van der Waals surface area contributed by atoms with Crippen LogP contribution in [-0.4, -0.2) is 27.0 Å². The van der Waals surface area contributed by atoms with Crippen LogP contribution in [0, 0.1) is 0 Å². The minimum absolute atomic E-state index is 0.110. The lowest BCUT2D eigenvalue weighted by molar-refractivity contribution is -0.110. The largest absolute Gasteiger partial charge is 0.478 e. The minimum Gasteiger partial charge on any atom is -0.478 e. The lowest BCUT2D eigenvalue weighted by Gasteiger charge is -2.10. The van der Waals surface area contributed by atoms with E-state index in [-0.39, 0.29) is 11.5 Å². The predicted octanol–water partition coefficient (Wildman–Crippen LogP) is 3.09. The Bertz CT molecular complexity index is 1000. The molecule has 0 fully saturated rings. The first kappa shape index (κ1) is 15.7. The molecule has 0 saturated carbocycles. The highest BCUT2D eigenvalue weighted by molar-refractivity contribution is 6.38. The molecule has 0 atom stereocenters. The summed E-state index contributed by atoms with van der Waals surface area (Å²) < 4.78 is 0. The van der Waals surface area contributed by atoms with Gasteiger partial charge in [0.25, 0.3) is 5.91 Å². The number of carbonyl (C=O) groups is 2. The highest BCUT2D eigenvalue weighted by atomic mass is 16.4. The quantitative estimate of drug-likeness (QED) is 0.713. The van der Waals surface area contributed by atoms with Crippen molar-refractivity contribution >= 4 is 28.7 Å². The zero-order valence-electron chi connectivity index (χ0n) is 13.5. The van der Waals surface area contributed by atoms with E-state index < -0.39 is 5.97 Å². The Labute approximate surface area is 148 Å². The van der Waals surface area contributed by atoms with E-state index in [1.165, 1.54) is 12.1 Å². The number of hydrogen-bond acceptors (Lipinski definition) is 4. The monoisotopic (exact) mass is 343 g/mol. The van der Waals surface area contributed by atoms with Gasteiger partial charge < -0.3 is 10.4 Å². The van der Waals surface area contributed by atoms with Crippen molar-refractivity contribution in [2.45, 2.75) is 0 Å². The number of aromatic carboxylic acids is 1. The molecule has 126 valence electrons. The van der Waals surface area contributed by atoms with Gasteiger partial charge in [0.05, 0.1) is 22.5 Å². The fraction of sp³-hybridized carbons (Fsp3) is 0. The number of carbonyl (C=O) groups excluding carboxylic acids is 1. The van der Waals surface area contributed by atoms with Crippen LogP contribution in [0.25, 0.3) is 11.1 Å². The normalized spacial score (nSPS) is 12.5. The first-order valence-corrected chi connectivity index (χ1v) is 7.91. The van der Waals surface area contributed by atoms with Gasteiger partial charge in [-0.3, -0.25) is 14.8 Å². The SMILES string of the molecule is O=C1Nc2ccc(C(=O)O)cc2C1=C(c1ccccn1)c1ccccn1. The maximum absolute atomic E-state index is 12.7. The molecule has 0 radical (unpaired) electrons. The Morgan fingerprint density at radius 3 is 2.12 bits per heavy atom. The van der Waals surface area contributed by atoms with Gasteiger partial charge in [-0.2, -0.15) is 0 Å². The maximum atomic E-state index is 12.7. The van der Waals surface area contributed by atoms with Gasteiger partial charge in [0.2, 0.25) is 0 Å². The zero-order valence-corrected chi connectivity index (χ0v) is 13.5. The third kappa shape index (κ3) is 2.63. The van der Waals surface area contributed by atoms with Crippen LogP contribution in [0.1, 0.15) is 27.3 Å². The van der Waals surface area contributed by atoms with E-state index in [2.05, 4.69) is 15.3 Å². The van der Waals surface area contributed by atoms with Gasteiger partial charge >= 0.3 is 5.97 Å². The second-order valence-corrected chi connectivity index (χ2v) is 5.70. The fourth-order valence-corrected chi connectivity index (χ4v) is 2.96. The van der Waals surface area contributed by atoms with Gasteiger partial charge in [0.1, 0.15) is 0 Å². The van der Waals surface area contributed by atoms with Crippen molar-refractivity contribution in [3.63, 3.8) is 0 Å². The second kappa shape index (κ2) is 6.25. The summed E-state index contributed by atoms with van der Waals surface area (Å²) in [5, 5.41) is 12.1. The van der Waals surface area contributed by atoms with Crippen molar-refractivity contribution < 1.29 is 14.7 Å². The number of pyridine rings is 2. The number of aromatic nitrogens is 2. The molecule has 1 amide bonds. The number of nitrogens with zero attached hydrogens (tertiary/aromatic N) is 2. The molecular formula is C20H13N3O3. The van der Waals surface area contributed by atoms with Gasteiger partial charge in [-0.1, -0.05) is 12.1 Å². The molecule has 0 aliphatic carbocycles. The summed E-state index contributed by atoms with van der Waals surface area (Å²) in [7, 11) is 0. The molecule has 2 aromatic heterocycles. The molecule has 2 N–H and O–H groups in total. The van der Waals surface area contributed by atoms with Crippen molar-refractivity contribution in [3.05, 3.63) is 89.5 Å². The number of nitrogens with one attached hydrogen (secondary N) is 1. The summed E-state index contributed by atoms with van der Waals surface area (Å²) in [5.74, 6) is -1.36. The number of amides is 1. The summed E-state index contributed by atoms with van der Waals surface area (Å²) in [6.45, 7) is 0. The Hall–Kier alpha value is -3.80. The van der Waals surface area contributed by atoms with E-state index in [4.69, 9.17) is 0 Å². The Balaban J connectivity index is 2.04. The highest BCUT2D eigenvalue weighted by Crippen LogP contribution is 2.39. The molecule has 26 heavy (non-hydrogen) atoms. The zero-order chi connectivity index (χ0) is 18.1. The van der Waals surface area contributed by atoms with E-state index >= 15 is 0 Å². The van der Waals surface area contributed by atoms with Gasteiger partial charge in [-0.05, 0) is 42.5 Å². The molecule has 0 bridgehead atoms. The summed E-state index contributed by atoms with van der Waals surface area (Å²) >= 11 is 0. The van der Waals surface area contributed by atoms with Crippen molar-refractivity contribution in [1.82, 2.24) is 9.97 Å². The number of carboxylic acid groups (broad SMARTS) is 1. The van der Waals surface area contributed by atoms with E-state index in [9.17, 15) is 14.7 Å². The number of anilines is 1. The molecule has 6 heteroatoms. The average Bonchev–Trinajstić information content (AvgIpc) is 2.99. The van der Waals surface area contributed by atoms with Crippen LogP contribution in [0.3, 0.4) is 0 Å². The smallest absolute Gasteiger partial charge is 0.335 e. The van der Waals surface area contributed by atoms with Crippen LogP contribution in [0.5, 0.6) is 0 Å². The van der Waals surface area contributed by atoms with E-state index in [1.807, 2.05) is 12.1 Å². The van der Waals surface area contributed by atoms with Gasteiger partial charge in [-0.25, -0.2) is 4.79 Å². The molecule has 0 saturated heterocycles. The van der Waals surface area contributed by atoms with E-state index in [0.29, 0.717) is 33.8 Å². The molecule has 4 rings (SSSR count). The van der Waals surface area contributed by atoms with Crippen LogP contribution < -0.4 is 5.32 Å². The lowest BCUT2D eigenvalue weighted by atomic mass is 9.94. The first-order valence-electron chi connectivity index (χ1n) is 7.91. The number of benzene rings is 1. The van der Waals surface area contributed by atoms with Crippen LogP contribution in [0.4, 0.5) is 5.69 Å². The third-order valence-electron chi connectivity index (χ3n) is 4.10. The van der Waals surface area contributed by atoms with Gasteiger partial charge in [0.15, 0.2) is 0 Å². The molecule has 6 nitrogen and oxygen atoms in total. The van der Waals surface area contributed by atoms with E-state index in [1.54, 1.807) is 42.7 Å². The summed E-state index contributed by atoms with van der Waals surface area (Å²) in [6, 6.07) is 15.4. The van der Waals surface area contributed by atoms with Crippen molar-refractivity contribution in [2.75, 3.05) is 5.32 Å². The minimum atomic E-state index is -1.05. The maximum Gasteiger partial charge on any atom is 0.335 e. The number of rotatable bonds is 3. The average molecular weight is 343 g/mol. The number of carboxylic acids is 1. The number of fused-ring (bicyclic) bond motifs is 1. The molecule has 3 heterocycles. The van der Waals surface area contributed by atoms with Crippen LogP contribution in [0.15, 0.2) is 67.0 Å². The molecule has 1 aliphatic rings. The number of hydrogen-bond donors (Lipinski definition) is 2. The van der Waals surface area contributed by atoms with E-state index in [0.717, 1.165) is 0 Å². The molecule has 0 spiro atoms. The topological polar surface area (TPSA) is 92.2 Å². The Morgan fingerprint density at radius 1 is 0.923 bits per heavy atom. The Kier molecular flexibility index (Phi) is 3.78. The molecular weight excluding hydrogens is 330 g/mol. The van der Waals surface area contributed by atoms with Crippen molar-refractivity contribution in [1.29, 1.82) is 0 Å². The molecule has 0 unspecified atom stereocenters. The standard InChI is InChI=1S/C20H13N3O3/c24-19-17(13-11-12(20(25)26)7-8-14(13)23-19)18(15-5-1-3-9-21-15)16-6-2-4-10-22-16/h1-11H,(H,23,24)(H,25,26). The summed E-state index contributed by atoms with van der Waals surface area (Å²) in [5.41, 5.74) is 3.31. The third-order valence-corrected chi connectivity index (χ3v) is 4.10. The van der Waals surface area contributed by atoms with Gasteiger partial charge in [0, 0.05) is 29.2 Å². The van der Waals surface area contributed by atoms with Crippen molar-refractivity contribution in [2.24, 2.45) is 0 Å². The van der Waals surface area contributed by atoms with Crippen LogP contribution >= 0.6 is 0 Å². The summed E-state index contributed by atoms with van der Waals surface area (Å²) in [6.07, 6.45) is 3.28. The first-order chi connectivity index (χ1) is 12.6. The molecule has 1 aromatic carbocycles. The fourth-order valence-electron chi connectivity index (χ4n) is 2.96. The van der Waals surface area contributed by atoms with Crippen molar-refractivity contribution in [3.8, 4) is 0 Å².